The molecule has 2 N–H and O–H groups in total. The van der Waals surface area contributed by atoms with Gasteiger partial charge < -0.3 is 20.1 Å². The number of rotatable bonds is 6. The molecule has 35 heavy (non-hydrogen) atoms. The third kappa shape index (κ3) is 4.78. The molecule has 0 saturated carbocycles. The van der Waals surface area contributed by atoms with Crippen molar-refractivity contribution in [2.75, 3.05) is 23.8 Å². The van der Waals surface area contributed by atoms with E-state index in [1.54, 1.807) is 30.5 Å². The Kier molecular flexibility index (Phi) is 6.28. The van der Waals surface area contributed by atoms with Crippen LogP contribution in [0, 0.1) is 0 Å². The predicted octanol–water partition coefficient (Wildman–Crippen LogP) is 3.64. The van der Waals surface area contributed by atoms with Crippen molar-refractivity contribution in [2.45, 2.75) is 25.7 Å². The van der Waals surface area contributed by atoms with Crippen LogP contribution in [-0.2, 0) is 22.4 Å². The zero-order valence-electron chi connectivity index (χ0n) is 18.6. The van der Waals surface area contributed by atoms with Crippen LogP contribution in [-0.4, -0.2) is 41.8 Å². The van der Waals surface area contributed by atoms with Gasteiger partial charge in [0.2, 0.25) is 0 Å². The summed E-state index contributed by atoms with van der Waals surface area (Å²) in [7, 11) is 0. The van der Waals surface area contributed by atoms with E-state index in [1.165, 1.54) is 23.6 Å². The SMILES string of the molecule is O=C1COc2ccc(C(=O)COC(=O)c3c(NC(=O)c4cccnc4)sc4c3CCCC4)cc2N1. The van der Waals surface area contributed by atoms with Gasteiger partial charge in [-0.05, 0) is 61.6 Å². The lowest BCUT2D eigenvalue weighted by molar-refractivity contribution is -0.118. The minimum absolute atomic E-state index is 0.0808. The Balaban J connectivity index is 1.33. The summed E-state index contributed by atoms with van der Waals surface area (Å²) in [6, 6.07) is 7.93. The first-order valence-corrected chi connectivity index (χ1v) is 11.9. The molecule has 0 atom stereocenters. The second-order valence-electron chi connectivity index (χ2n) is 8.16. The number of Topliss-reactive ketones (excluding diaryl/α,β-unsaturated/α-hetero) is 1. The van der Waals surface area contributed by atoms with Crippen molar-refractivity contribution < 1.29 is 28.7 Å². The van der Waals surface area contributed by atoms with Gasteiger partial charge in [0.15, 0.2) is 19.0 Å². The molecule has 0 radical (unpaired) electrons. The molecule has 9 nitrogen and oxygen atoms in total. The molecule has 1 aromatic carbocycles. The highest BCUT2D eigenvalue weighted by Crippen LogP contribution is 2.39. The summed E-state index contributed by atoms with van der Waals surface area (Å²) >= 11 is 1.37. The number of pyridine rings is 1. The molecule has 0 bridgehead atoms. The van der Waals surface area contributed by atoms with E-state index in [0.29, 0.717) is 34.0 Å². The Labute approximate surface area is 204 Å². The average molecular weight is 492 g/mol. The second-order valence-corrected chi connectivity index (χ2v) is 9.26. The number of amides is 2. The lowest BCUT2D eigenvalue weighted by atomic mass is 9.95. The predicted molar refractivity (Wildman–Crippen MR) is 128 cm³/mol. The number of ketones is 1. The number of esters is 1. The Morgan fingerprint density at radius 2 is 2.00 bits per heavy atom. The summed E-state index contributed by atoms with van der Waals surface area (Å²) < 4.78 is 10.7. The molecule has 1 aliphatic heterocycles. The van der Waals surface area contributed by atoms with Crippen LogP contribution in [0.1, 0.15) is 54.4 Å². The number of aryl methyl sites for hydroxylation is 1. The highest BCUT2D eigenvalue weighted by molar-refractivity contribution is 7.17. The molecule has 3 aromatic rings. The Morgan fingerprint density at radius 1 is 1.14 bits per heavy atom. The van der Waals surface area contributed by atoms with Crippen LogP contribution >= 0.6 is 11.3 Å². The molecule has 10 heteroatoms. The zero-order chi connectivity index (χ0) is 24.4. The molecular formula is C25H21N3O6S. The van der Waals surface area contributed by atoms with E-state index in [0.717, 1.165) is 29.7 Å². The summed E-state index contributed by atoms with van der Waals surface area (Å²) in [6.45, 7) is -0.560. The van der Waals surface area contributed by atoms with Crippen LogP contribution in [0.4, 0.5) is 10.7 Å². The summed E-state index contributed by atoms with van der Waals surface area (Å²) in [6.07, 6.45) is 6.49. The van der Waals surface area contributed by atoms with E-state index in [9.17, 15) is 19.2 Å². The van der Waals surface area contributed by atoms with Crippen molar-refractivity contribution in [1.29, 1.82) is 0 Å². The number of carbonyl (C=O) groups excluding carboxylic acids is 4. The molecular weight excluding hydrogens is 470 g/mol. The number of aromatic nitrogens is 1. The van der Waals surface area contributed by atoms with Gasteiger partial charge in [0, 0.05) is 22.8 Å². The van der Waals surface area contributed by atoms with Crippen molar-refractivity contribution in [3.63, 3.8) is 0 Å². The maximum atomic E-state index is 13.1. The number of hydrogen-bond acceptors (Lipinski definition) is 8. The normalized spacial score (nSPS) is 14.1. The van der Waals surface area contributed by atoms with Crippen molar-refractivity contribution in [1.82, 2.24) is 4.98 Å². The summed E-state index contributed by atoms with van der Waals surface area (Å²) in [5.74, 6) is -1.30. The van der Waals surface area contributed by atoms with E-state index in [-0.39, 0.29) is 24.0 Å². The second kappa shape index (κ2) is 9.67. The number of hydrogen-bond donors (Lipinski definition) is 2. The number of fused-ring (bicyclic) bond motifs is 2. The van der Waals surface area contributed by atoms with Crippen molar-refractivity contribution >= 4 is 45.6 Å². The van der Waals surface area contributed by atoms with E-state index in [4.69, 9.17) is 9.47 Å². The van der Waals surface area contributed by atoms with E-state index in [1.807, 2.05) is 0 Å². The molecule has 0 spiro atoms. The first-order chi connectivity index (χ1) is 17.0. The van der Waals surface area contributed by atoms with Gasteiger partial charge in [-0.15, -0.1) is 11.3 Å². The Morgan fingerprint density at radius 3 is 2.83 bits per heavy atom. The van der Waals surface area contributed by atoms with Crippen LogP contribution in [0.25, 0.3) is 0 Å². The van der Waals surface area contributed by atoms with Crippen LogP contribution in [0.3, 0.4) is 0 Å². The van der Waals surface area contributed by atoms with Gasteiger partial charge in [-0.3, -0.25) is 19.4 Å². The number of ether oxygens (including phenoxy) is 2. The maximum Gasteiger partial charge on any atom is 0.341 e. The minimum Gasteiger partial charge on any atom is -0.482 e. The van der Waals surface area contributed by atoms with Crippen LogP contribution in [0.5, 0.6) is 5.75 Å². The summed E-state index contributed by atoms with van der Waals surface area (Å²) in [5.41, 5.74) is 2.22. The van der Waals surface area contributed by atoms with Crippen LogP contribution < -0.4 is 15.4 Å². The minimum atomic E-state index is -0.658. The molecule has 0 fully saturated rings. The topological polar surface area (TPSA) is 124 Å². The largest absolute Gasteiger partial charge is 0.482 e. The highest BCUT2D eigenvalue weighted by atomic mass is 32.1. The van der Waals surface area contributed by atoms with E-state index in [2.05, 4.69) is 15.6 Å². The van der Waals surface area contributed by atoms with Crippen molar-refractivity contribution in [3.8, 4) is 5.75 Å². The fourth-order valence-corrected chi connectivity index (χ4v) is 5.36. The fourth-order valence-electron chi connectivity index (χ4n) is 4.09. The van der Waals surface area contributed by atoms with Gasteiger partial charge in [-0.25, -0.2) is 4.79 Å². The lowest BCUT2D eigenvalue weighted by Crippen LogP contribution is -2.25. The first-order valence-electron chi connectivity index (χ1n) is 11.1. The molecule has 2 aromatic heterocycles. The van der Waals surface area contributed by atoms with E-state index >= 15 is 0 Å². The van der Waals surface area contributed by atoms with Crippen LogP contribution in [0.15, 0.2) is 42.7 Å². The molecule has 178 valence electrons. The molecule has 2 aliphatic rings. The van der Waals surface area contributed by atoms with Gasteiger partial charge in [0.05, 0.1) is 16.8 Å². The zero-order valence-corrected chi connectivity index (χ0v) is 19.4. The standard InChI is InChI=1S/C25H21N3O6S/c29-18(14-7-8-19-17(10-14)27-21(30)13-33-19)12-34-25(32)22-16-5-1-2-6-20(16)35-24(22)28-23(31)15-4-3-9-26-11-15/h3-4,7-11H,1-2,5-6,12-13H2,(H,27,30)(H,28,31). The van der Waals surface area contributed by atoms with Gasteiger partial charge in [-0.2, -0.15) is 0 Å². The molecule has 2 amide bonds. The molecule has 0 unspecified atom stereocenters. The first kappa shape index (κ1) is 22.7. The summed E-state index contributed by atoms with van der Waals surface area (Å²) in [5, 5.41) is 5.88. The Hall–Kier alpha value is -4.05. The number of anilines is 2. The number of benzene rings is 1. The molecule has 0 saturated heterocycles. The lowest BCUT2D eigenvalue weighted by Gasteiger charge is -2.18. The smallest absolute Gasteiger partial charge is 0.341 e. The average Bonchev–Trinajstić information content (AvgIpc) is 3.25. The quantitative estimate of drug-likeness (QED) is 0.398. The molecule has 3 heterocycles. The molecule has 1 aliphatic carbocycles. The van der Waals surface area contributed by atoms with E-state index < -0.39 is 18.4 Å². The highest BCUT2D eigenvalue weighted by Gasteiger charge is 2.28. The molecule has 5 rings (SSSR count). The fraction of sp³-hybridized carbons (Fsp3) is 0.240. The monoisotopic (exact) mass is 491 g/mol. The number of nitrogens with zero attached hydrogens (tertiary/aromatic N) is 1. The van der Waals surface area contributed by atoms with Crippen LogP contribution in [0.2, 0.25) is 0 Å². The number of thiophene rings is 1. The number of carbonyl (C=O) groups is 4. The Bertz CT molecular complexity index is 1330. The van der Waals surface area contributed by atoms with Gasteiger partial charge in [0.25, 0.3) is 11.8 Å². The van der Waals surface area contributed by atoms with Crippen molar-refractivity contribution in [3.05, 3.63) is 69.9 Å². The van der Waals surface area contributed by atoms with Gasteiger partial charge in [0.1, 0.15) is 10.8 Å². The number of nitrogens with one attached hydrogen (secondary N) is 2. The summed E-state index contributed by atoms with van der Waals surface area (Å²) in [4.78, 5) is 55.1. The third-order valence-corrected chi connectivity index (χ3v) is 7.00. The van der Waals surface area contributed by atoms with Gasteiger partial charge in [-0.1, -0.05) is 0 Å². The third-order valence-electron chi connectivity index (χ3n) is 5.79. The maximum absolute atomic E-state index is 13.1. The van der Waals surface area contributed by atoms with Gasteiger partial charge >= 0.3 is 5.97 Å². The van der Waals surface area contributed by atoms with Crippen molar-refractivity contribution in [2.24, 2.45) is 0 Å².